The van der Waals surface area contributed by atoms with Crippen molar-refractivity contribution < 1.29 is 13.2 Å². The summed E-state index contributed by atoms with van der Waals surface area (Å²) in [6.45, 7) is 5.75. The molecule has 1 aromatic carbocycles. The van der Waals surface area contributed by atoms with Gasteiger partial charge < -0.3 is 5.32 Å². The Morgan fingerprint density at radius 1 is 1.15 bits per heavy atom. The predicted molar refractivity (Wildman–Crippen MR) is 79.1 cm³/mol. The molecule has 1 aromatic rings. The van der Waals surface area contributed by atoms with Crippen LogP contribution in [0.4, 0.5) is 0 Å². The van der Waals surface area contributed by atoms with Crippen molar-refractivity contribution in [3.8, 4) is 0 Å². The summed E-state index contributed by atoms with van der Waals surface area (Å²) in [5, 5.41) is 3.14. The van der Waals surface area contributed by atoms with E-state index in [4.69, 9.17) is 11.6 Å². The summed E-state index contributed by atoms with van der Waals surface area (Å²) >= 11 is 5.70. The summed E-state index contributed by atoms with van der Waals surface area (Å²) in [6, 6.07) is 5.88. The summed E-state index contributed by atoms with van der Waals surface area (Å²) in [7, 11) is -3.57. The van der Waals surface area contributed by atoms with Gasteiger partial charge in [-0.1, -0.05) is 32.4 Å². The van der Waals surface area contributed by atoms with E-state index < -0.39 is 15.4 Å². The molecule has 112 valence electrons. The molecule has 0 unspecified atom stereocenters. The van der Waals surface area contributed by atoms with Crippen molar-refractivity contribution in [2.75, 3.05) is 13.1 Å². The molecular formula is C13H19ClN2O3S. The smallest absolute Gasteiger partial charge is 0.240 e. The van der Waals surface area contributed by atoms with E-state index in [9.17, 15) is 13.2 Å². The summed E-state index contributed by atoms with van der Waals surface area (Å²) in [5.74, 6) is -0.122. The molecule has 0 radical (unpaired) electrons. The molecule has 0 bridgehead atoms. The molecule has 20 heavy (non-hydrogen) atoms. The second-order valence-electron chi connectivity index (χ2n) is 5.36. The number of hydrogen-bond donors (Lipinski definition) is 2. The van der Waals surface area contributed by atoms with Gasteiger partial charge in [0.25, 0.3) is 0 Å². The van der Waals surface area contributed by atoms with Crippen LogP contribution in [0.5, 0.6) is 0 Å². The van der Waals surface area contributed by atoms with Gasteiger partial charge in [0.15, 0.2) is 0 Å². The van der Waals surface area contributed by atoms with E-state index in [0.29, 0.717) is 5.02 Å². The molecule has 0 aliphatic rings. The van der Waals surface area contributed by atoms with Crippen LogP contribution in [-0.4, -0.2) is 27.4 Å². The van der Waals surface area contributed by atoms with E-state index in [1.807, 2.05) is 0 Å². The standard InChI is InChI=1S/C13H19ClN2O3S/c1-13(2,3)12(17)15-8-9-16-20(18,19)11-6-4-10(14)5-7-11/h4-7,16H,8-9H2,1-3H3,(H,15,17). The molecule has 0 saturated carbocycles. The van der Waals surface area contributed by atoms with Gasteiger partial charge in [-0.25, -0.2) is 13.1 Å². The molecule has 2 N–H and O–H groups in total. The van der Waals surface area contributed by atoms with Crippen molar-refractivity contribution in [1.29, 1.82) is 0 Å². The number of halogens is 1. The fourth-order valence-corrected chi connectivity index (χ4v) is 2.48. The third kappa shape index (κ3) is 5.11. The first kappa shape index (κ1) is 16.9. The fraction of sp³-hybridized carbons (Fsp3) is 0.462. The van der Waals surface area contributed by atoms with E-state index in [0.717, 1.165) is 0 Å². The molecule has 0 aliphatic heterocycles. The first-order valence-corrected chi connectivity index (χ1v) is 8.02. The molecule has 1 amide bonds. The van der Waals surface area contributed by atoms with Crippen LogP contribution in [0.1, 0.15) is 20.8 Å². The Hall–Kier alpha value is -1.11. The van der Waals surface area contributed by atoms with E-state index in [2.05, 4.69) is 10.0 Å². The first-order chi connectivity index (χ1) is 9.13. The van der Waals surface area contributed by atoms with Crippen LogP contribution in [0.25, 0.3) is 0 Å². The van der Waals surface area contributed by atoms with Crippen molar-refractivity contribution >= 4 is 27.5 Å². The van der Waals surface area contributed by atoms with Crippen molar-refractivity contribution in [3.63, 3.8) is 0 Å². The predicted octanol–water partition coefficient (Wildman–Crippen LogP) is 1.78. The monoisotopic (exact) mass is 318 g/mol. The number of carbonyl (C=O) groups excluding carboxylic acids is 1. The SMILES string of the molecule is CC(C)(C)C(=O)NCCNS(=O)(=O)c1ccc(Cl)cc1. The normalized spacial score (nSPS) is 12.2. The lowest BCUT2D eigenvalue weighted by atomic mass is 9.96. The highest BCUT2D eigenvalue weighted by atomic mass is 35.5. The second-order valence-corrected chi connectivity index (χ2v) is 7.56. The van der Waals surface area contributed by atoms with E-state index in [-0.39, 0.29) is 23.9 Å². The van der Waals surface area contributed by atoms with Crippen LogP contribution in [0.2, 0.25) is 5.02 Å². The molecule has 0 saturated heterocycles. The van der Waals surface area contributed by atoms with Crippen molar-refractivity contribution in [1.82, 2.24) is 10.0 Å². The van der Waals surface area contributed by atoms with Gasteiger partial charge in [0.1, 0.15) is 0 Å². The highest BCUT2D eigenvalue weighted by Gasteiger charge is 2.20. The Labute approximate surface area is 124 Å². The summed E-state index contributed by atoms with van der Waals surface area (Å²) < 4.78 is 26.3. The van der Waals surface area contributed by atoms with Crippen LogP contribution in [0, 0.1) is 5.41 Å². The lowest BCUT2D eigenvalue weighted by Crippen LogP contribution is -2.39. The van der Waals surface area contributed by atoms with Gasteiger partial charge >= 0.3 is 0 Å². The minimum absolute atomic E-state index is 0.122. The Morgan fingerprint density at radius 2 is 1.70 bits per heavy atom. The van der Waals surface area contributed by atoms with Crippen LogP contribution >= 0.6 is 11.6 Å². The summed E-state index contributed by atoms with van der Waals surface area (Å²) in [5.41, 5.74) is -0.491. The first-order valence-electron chi connectivity index (χ1n) is 6.16. The average molecular weight is 319 g/mol. The zero-order chi connectivity index (χ0) is 15.4. The van der Waals surface area contributed by atoms with Crippen molar-refractivity contribution in [3.05, 3.63) is 29.3 Å². The molecule has 0 heterocycles. The van der Waals surface area contributed by atoms with Crippen molar-refractivity contribution in [2.45, 2.75) is 25.7 Å². The number of carbonyl (C=O) groups is 1. The number of nitrogens with one attached hydrogen (secondary N) is 2. The maximum atomic E-state index is 11.9. The topological polar surface area (TPSA) is 75.3 Å². The molecule has 0 fully saturated rings. The Kier molecular flexibility index (Phi) is 5.56. The maximum Gasteiger partial charge on any atom is 0.240 e. The van der Waals surface area contributed by atoms with Crippen LogP contribution in [-0.2, 0) is 14.8 Å². The third-order valence-corrected chi connectivity index (χ3v) is 4.24. The number of hydrogen-bond acceptors (Lipinski definition) is 3. The molecule has 5 nitrogen and oxygen atoms in total. The number of rotatable bonds is 5. The second kappa shape index (κ2) is 6.56. The zero-order valence-electron chi connectivity index (χ0n) is 11.7. The van der Waals surface area contributed by atoms with Gasteiger partial charge in [0.05, 0.1) is 4.90 Å². The lowest BCUT2D eigenvalue weighted by Gasteiger charge is -2.17. The highest BCUT2D eigenvalue weighted by Crippen LogP contribution is 2.14. The Bertz CT molecular complexity index is 562. The van der Waals surface area contributed by atoms with Gasteiger partial charge in [-0.2, -0.15) is 0 Å². The summed E-state index contributed by atoms with van der Waals surface area (Å²) in [6.07, 6.45) is 0. The molecule has 0 spiro atoms. The maximum absolute atomic E-state index is 11.9. The average Bonchev–Trinajstić information content (AvgIpc) is 2.33. The third-order valence-electron chi connectivity index (χ3n) is 2.51. The lowest BCUT2D eigenvalue weighted by molar-refractivity contribution is -0.128. The molecule has 0 atom stereocenters. The van der Waals surface area contributed by atoms with Gasteiger partial charge in [0.2, 0.25) is 15.9 Å². The Balaban J connectivity index is 2.49. The minimum atomic E-state index is -3.57. The van der Waals surface area contributed by atoms with Crippen LogP contribution in [0.15, 0.2) is 29.2 Å². The fourth-order valence-electron chi connectivity index (χ4n) is 1.32. The van der Waals surface area contributed by atoms with Crippen molar-refractivity contribution in [2.24, 2.45) is 5.41 Å². The van der Waals surface area contributed by atoms with E-state index in [1.54, 1.807) is 20.8 Å². The molecule has 1 rings (SSSR count). The van der Waals surface area contributed by atoms with Gasteiger partial charge in [0, 0.05) is 23.5 Å². The van der Waals surface area contributed by atoms with Crippen LogP contribution in [0.3, 0.4) is 0 Å². The van der Waals surface area contributed by atoms with E-state index >= 15 is 0 Å². The largest absolute Gasteiger partial charge is 0.354 e. The number of amides is 1. The molecule has 0 aliphatic carbocycles. The molecular weight excluding hydrogens is 300 g/mol. The van der Waals surface area contributed by atoms with Gasteiger partial charge in [-0.3, -0.25) is 4.79 Å². The molecule has 0 aromatic heterocycles. The number of sulfonamides is 1. The molecule has 7 heteroatoms. The number of benzene rings is 1. The van der Waals surface area contributed by atoms with Gasteiger partial charge in [-0.05, 0) is 24.3 Å². The summed E-state index contributed by atoms with van der Waals surface area (Å²) in [4.78, 5) is 11.7. The van der Waals surface area contributed by atoms with E-state index in [1.165, 1.54) is 24.3 Å². The highest BCUT2D eigenvalue weighted by molar-refractivity contribution is 7.89. The zero-order valence-corrected chi connectivity index (χ0v) is 13.3. The van der Waals surface area contributed by atoms with Gasteiger partial charge in [-0.15, -0.1) is 0 Å². The quantitative estimate of drug-likeness (QED) is 0.813. The van der Waals surface area contributed by atoms with Crippen LogP contribution < -0.4 is 10.0 Å². The minimum Gasteiger partial charge on any atom is -0.354 e. The Morgan fingerprint density at radius 3 is 2.20 bits per heavy atom.